The predicted molar refractivity (Wildman–Crippen MR) is 195 cm³/mol. The normalized spacial score (nSPS) is 16.4. The standard InChI is InChI=1S/C40H60N2O2S/c1-5-7-9-10-11-12-13-14-15-16-17-18-19-20-21-22-23-24-25-27-39(44)41-36(30-33(3)4)37(43)32-40-42-35-29-28-34(26-8-6-2)31-38(35)45-40/h7,9,11-12,14-15,17-18,20-21,23-24,33-34,36H,5-6,8,10,13,16,19,22,25-32H2,1-4H3,(H,41,44)/b9-7-,12-11-,15-14-,18-17-,21-20-,24-23-/t34-,36+/m1/s1. The van der Waals surface area contributed by atoms with E-state index < -0.39 is 6.04 Å². The third-order valence-corrected chi connectivity index (χ3v) is 9.06. The molecule has 0 bridgehead atoms. The molecule has 2 rings (SSSR count). The number of rotatable bonds is 23. The second-order valence-electron chi connectivity index (χ2n) is 12.6. The average molecular weight is 633 g/mol. The quantitative estimate of drug-likeness (QED) is 0.122. The third kappa shape index (κ3) is 18.1. The second-order valence-corrected chi connectivity index (χ2v) is 13.7. The van der Waals surface area contributed by atoms with E-state index in [-0.39, 0.29) is 11.7 Å². The summed E-state index contributed by atoms with van der Waals surface area (Å²) >= 11 is 1.72. The molecule has 1 amide bonds. The molecule has 1 N–H and O–H groups in total. The Morgan fingerprint density at radius 1 is 0.867 bits per heavy atom. The van der Waals surface area contributed by atoms with E-state index in [4.69, 9.17) is 4.98 Å². The number of carbonyl (C=O) groups is 2. The Bertz CT molecular complexity index is 1150. The van der Waals surface area contributed by atoms with Crippen LogP contribution in [0.25, 0.3) is 0 Å². The number of carbonyl (C=O) groups excluding carboxylic acids is 2. The highest BCUT2D eigenvalue weighted by Crippen LogP contribution is 2.32. The molecule has 4 nitrogen and oxygen atoms in total. The Morgan fingerprint density at radius 2 is 1.44 bits per heavy atom. The molecule has 0 saturated heterocycles. The number of unbranched alkanes of at least 4 members (excludes halogenated alkanes) is 1. The summed E-state index contributed by atoms with van der Waals surface area (Å²) < 4.78 is 0. The maximum atomic E-state index is 13.3. The van der Waals surface area contributed by atoms with Crippen molar-refractivity contribution in [2.45, 2.75) is 136 Å². The van der Waals surface area contributed by atoms with Crippen molar-refractivity contribution in [3.63, 3.8) is 0 Å². The fraction of sp³-hybridized carbons (Fsp3) is 0.575. The number of Topliss-reactive ketones (excluding diaryl/α,β-unsaturated/α-hetero) is 1. The van der Waals surface area contributed by atoms with Crippen molar-refractivity contribution in [2.24, 2.45) is 11.8 Å². The first-order chi connectivity index (χ1) is 21.9. The zero-order valence-corrected chi connectivity index (χ0v) is 29.5. The highest BCUT2D eigenvalue weighted by atomic mass is 32.1. The van der Waals surface area contributed by atoms with Crippen LogP contribution in [-0.4, -0.2) is 22.7 Å². The van der Waals surface area contributed by atoms with E-state index in [2.05, 4.69) is 106 Å². The van der Waals surface area contributed by atoms with Gasteiger partial charge < -0.3 is 5.32 Å². The molecule has 0 aliphatic heterocycles. The number of hydrogen-bond donors (Lipinski definition) is 1. The molecule has 45 heavy (non-hydrogen) atoms. The maximum Gasteiger partial charge on any atom is 0.220 e. The molecule has 0 spiro atoms. The van der Waals surface area contributed by atoms with Gasteiger partial charge in [-0.1, -0.05) is 120 Å². The van der Waals surface area contributed by atoms with E-state index in [0.29, 0.717) is 31.6 Å². The van der Waals surface area contributed by atoms with Crippen molar-refractivity contribution in [2.75, 3.05) is 0 Å². The first kappa shape index (κ1) is 38.4. The fourth-order valence-corrected chi connectivity index (χ4v) is 6.69. The summed E-state index contributed by atoms with van der Waals surface area (Å²) in [5.41, 5.74) is 1.20. The first-order valence-electron chi connectivity index (χ1n) is 17.6. The van der Waals surface area contributed by atoms with Gasteiger partial charge in [-0.3, -0.25) is 9.59 Å². The molecule has 1 heterocycles. The maximum absolute atomic E-state index is 13.3. The van der Waals surface area contributed by atoms with Gasteiger partial charge in [0.15, 0.2) is 5.78 Å². The van der Waals surface area contributed by atoms with Crippen LogP contribution in [0, 0.1) is 11.8 Å². The van der Waals surface area contributed by atoms with Gasteiger partial charge in [0.25, 0.3) is 0 Å². The van der Waals surface area contributed by atoms with Crippen LogP contribution in [0.3, 0.4) is 0 Å². The van der Waals surface area contributed by atoms with Crippen LogP contribution >= 0.6 is 11.3 Å². The van der Waals surface area contributed by atoms with Crippen molar-refractivity contribution >= 4 is 23.0 Å². The van der Waals surface area contributed by atoms with Crippen molar-refractivity contribution < 1.29 is 9.59 Å². The molecular weight excluding hydrogens is 573 g/mol. The van der Waals surface area contributed by atoms with E-state index in [1.165, 1.54) is 36.3 Å². The summed E-state index contributed by atoms with van der Waals surface area (Å²) in [7, 11) is 0. The molecule has 1 aliphatic rings. The Kier molecular flexibility index (Phi) is 20.9. The van der Waals surface area contributed by atoms with E-state index in [0.717, 1.165) is 62.3 Å². The lowest BCUT2D eigenvalue weighted by Crippen LogP contribution is -2.42. The number of fused-ring (bicyclic) bond motifs is 1. The van der Waals surface area contributed by atoms with Gasteiger partial charge in [0, 0.05) is 11.3 Å². The van der Waals surface area contributed by atoms with Gasteiger partial charge in [0.1, 0.15) is 5.01 Å². The molecule has 1 aliphatic carbocycles. The van der Waals surface area contributed by atoms with E-state index in [1.807, 2.05) is 0 Å². The number of aromatic nitrogens is 1. The van der Waals surface area contributed by atoms with Crippen LogP contribution < -0.4 is 5.32 Å². The topological polar surface area (TPSA) is 59.1 Å². The van der Waals surface area contributed by atoms with E-state index in [1.54, 1.807) is 11.3 Å². The number of aryl methyl sites for hydroxylation is 1. The Hall–Kier alpha value is -2.79. The van der Waals surface area contributed by atoms with Crippen molar-refractivity contribution in [3.05, 3.63) is 88.5 Å². The minimum absolute atomic E-state index is 0.0503. The molecule has 1 aromatic heterocycles. The monoisotopic (exact) mass is 632 g/mol. The number of allylic oxidation sites excluding steroid dienone is 12. The van der Waals surface area contributed by atoms with Gasteiger partial charge in [0.05, 0.1) is 18.2 Å². The van der Waals surface area contributed by atoms with Crippen LogP contribution in [0.1, 0.15) is 127 Å². The van der Waals surface area contributed by atoms with Crippen molar-refractivity contribution in [3.8, 4) is 0 Å². The van der Waals surface area contributed by atoms with E-state index in [9.17, 15) is 9.59 Å². The smallest absolute Gasteiger partial charge is 0.220 e. The lowest BCUT2D eigenvalue weighted by atomic mass is 9.87. The molecular formula is C40H60N2O2S. The number of ketones is 1. The number of nitrogens with zero attached hydrogens (tertiary/aromatic N) is 1. The van der Waals surface area contributed by atoms with Gasteiger partial charge in [0.2, 0.25) is 5.91 Å². The van der Waals surface area contributed by atoms with E-state index >= 15 is 0 Å². The number of amides is 1. The van der Waals surface area contributed by atoms with Gasteiger partial charge in [-0.05, 0) is 82.5 Å². The molecule has 2 atom stereocenters. The van der Waals surface area contributed by atoms with Gasteiger partial charge in [-0.15, -0.1) is 11.3 Å². The summed E-state index contributed by atoms with van der Waals surface area (Å²) in [5, 5.41) is 3.96. The molecule has 0 unspecified atom stereocenters. The summed E-state index contributed by atoms with van der Waals surface area (Å²) in [5.74, 6) is 1.12. The summed E-state index contributed by atoms with van der Waals surface area (Å²) in [6.07, 6.45) is 41.3. The zero-order valence-electron chi connectivity index (χ0n) is 28.6. The molecule has 5 heteroatoms. The number of thiazole rings is 1. The molecule has 0 fully saturated rings. The molecule has 0 saturated carbocycles. The number of nitrogens with one attached hydrogen (secondary N) is 1. The SMILES string of the molecule is CC/C=C\C/C=C\C/C=C\C/C=C\C/C=C\C/C=C\CCC(=O)N[C@@H](CC(C)C)C(=O)Cc1nc2c(s1)C[C@H](CCCC)CC2. The van der Waals surface area contributed by atoms with Crippen LogP contribution in [0.15, 0.2) is 72.9 Å². The van der Waals surface area contributed by atoms with Crippen molar-refractivity contribution in [1.29, 1.82) is 0 Å². The molecule has 1 aromatic rings. The molecule has 0 radical (unpaired) electrons. The Morgan fingerprint density at radius 3 is 2.00 bits per heavy atom. The third-order valence-electron chi connectivity index (χ3n) is 7.94. The minimum atomic E-state index is -0.444. The van der Waals surface area contributed by atoms with Crippen LogP contribution in [0.2, 0.25) is 0 Å². The Labute approximate surface area is 279 Å². The lowest BCUT2D eigenvalue weighted by Gasteiger charge is -2.20. The molecule has 248 valence electrons. The number of hydrogen-bond acceptors (Lipinski definition) is 4. The van der Waals surface area contributed by atoms with Crippen LogP contribution in [-0.2, 0) is 28.9 Å². The average Bonchev–Trinajstić information content (AvgIpc) is 3.42. The predicted octanol–water partition coefficient (Wildman–Crippen LogP) is 10.6. The highest BCUT2D eigenvalue weighted by molar-refractivity contribution is 7.11. The molecule has 0 aromatic carbocycles. The van der Waals surface area contributed by atoms with Crippen LogP contribution in [0.4, 0.5) is 0 Å². The van der Waals surface area contributed by atoms with Gasteiger partial charge in [-0.2, -0.15) is 0 Å². The van der Waals surface area contributed by atoms with Crippen LogP contribution in [0.5, 0.6) is 0 Å². The summed E-state index contributed by atoms with van der Waals surface area (Å²) in [4.78, 5) is 32.2. The van der Waals surface area contributed by atoms with Gasteiger partial charge >= 0.3 is 0 Å². The van der Waals surface area contributed by atoms with Crippen molar-refractivity contribution in [1.82, 2.24) is 10.3 Å². The Balaban J connectivity index is 1.64. The van der Waals surface area contributed by atoms with Gasteiger partial charge in [-0.25, -0.2) is 4.98 Å². The lowest BCUT2D eigenvalue weighted by molar-refractivity contribution is -0.127. The summed E-state index contributed by atoms with van der Waals surface area (Å²) in [6, 6.07) is -0.444. The minimum Gasteiger partial charge on any atom is -0.346 e. The highest BCUT2D eigenvalue weighted by Gasteiger charge is 2.26. The first-order valence-corrected chi connectivity index (χ1v) is 18.4. The largest absolute Gasteiger partial charge is 0.346 e. The second kappa shape index (κ2) is 24.4. The fourth-order valence-electron chi connectivity index (χ4n) is 5.45. The summed E-state index contributed by atoms with van der Waals surface area (Å²) in [6.45, 7) is 8.61. The zero-order chi connectivity index (χ0) is 32.5.